The Morgan fingerprint density at radius 2 is 1.82 bits per heavy atom. The van der Waals surface area contributed by atoms with Crippen LogP contribution >= 0.6 is 0 Å². The van der Waals surface area contributed by atoms with Gasteiger partial charge in [-0.15, -0.1) is 0 Å². The average molecular weight is 390 g/mol. The fraction of sp³-hybridized carbons (Fsp3) is 0.800. The number of hydrogen-bond acceptors (Lipinski definition) is 7. The van der Waals surface area contributed by atoms with Crippen LogP contribution in [0.25, 0.3) is 0 Å². The molecule has 1 aromatic heterocycles. The van der Waals surface area contributed by atoms with Crippen LogP contribution in [0.2, 0.25) is 0 Å². The van der Waals surface area contributed by atoms with Gasteiger partial charge in [0.1, 0.15) is 0 Å². The van der Waals surface area contributed by atoms with Crippen molar-refractivity contribution in [1.29, 1.82) is 0 Å². The minimum Gasteiger partial charge on any atom is -0.399 e. The molecule has 0 bridgehead atoms. The lowest BCUT2D eigenvalue weighted by Gasteiger charge is -2.41. The Morgan fingerprint density at radius 3 is 2.36 bits per heavy atom. The third kappa shape index (κ3) is 4.35. The minimum absolute atomic E-state index is 0.202. The van der Waals surface area contributed by atoms with Crippen molar-refractivity contribution in [2.45, 2.75) is 77.7 Å². The monoisotopic (exact) mass is 390 g/mol. The lowest BCUT2D eigenvalue weighted by molar-refractivity contribution is 0.00578. The van der Waals surface area contributed by atoms with Crippen LogP contribution in [0.4, 0.5) is 5.95 Å². The van der Waals surface area contributed by atoms with Crippen LogP contribution in [0.1, 0.15) is 54.4 Å². The van der Waals surface area contributed by atoms with Gasteiger partial charge in [-0.3, -0.25) is 4.90 Å². The summed E-state index contributed by atoms with van der Waals surface area (Å²) in [7, 11) is -0.443. The molecule has 1 atom stereocenters. The van der Waals surface area contributed by atoms with Crippen LogP contribution in [0.3, 0.4) is 0 Å². The molecule has 0 amide bonds. The van der Waals surface area contributed by atoms with Gasteiger partial charge in [0.2, 0.25) is 5.95 Å². The third-order valence-corrected chi connectivity index (χ3v) is 6.26. The van der Waals surface area contributed by atoms with Gasteiger partial charge in [0.05, 0.1) is 17.8 Å². The van der Waals surface area contributed by atoms with E-state index in [0.29, 0.717) is 12.1 Å². The first kappa shape index (κ1) is 21.5. The van der Waals surface area contributed by atoms with Crippen molar-refractivity contribution in [2.75, 3.05) is 31.1 Å². The molecule has 2 fully saturated rings. The number of aliphatic hydroxyl groups excluding tert-OH is 1. The Balaban J connectivity index is 1.75. The number of anilines is 1. The Morgan fingerprint density at radius 1 is 1.21 bits per heavy atom. The second kappa shape index (κ2) is 8.26. The number of aromatic nitrogens is 2. The van der Waals surface area contributed by atoms with Gasteiger partial charge in [-0.25, -0.2) is 9.97 Å². The Hall–Kier alpha value is -1.22. The minimum atomic E-state index is -0.443. The smallest absolute Gasteiger partial charge is 0.399 e. The highest BCUT2D eigenvalue weighted by Crippen LogP contribution is 2.36. The summed E-state index contributed by atoms with van der Waals surface area (Å²) in [6.45, 7) is 15.4. The zero-order valence-corrected chi connectivity index (χ0v) is 18.2. The summed E-state index contributed by atoms with van der Waals surface area (Å²) in [5, 5.41) is 9.27. The van der Waals surface area contributed by atoms with Gasteiger partial charge in [0, 0.05) is 43.0 Å². The number of hydrogen-bond donors (Lipinski definition) is 1. The van der Waals surface area contributed by atoms with E-state index < -0.39 is 7.12 Å². The van der Waals surface area contributed by atoms with Crippen molar-refractivity contribution in [3.63, 3.8) is 0 Å². The molecule has 0 unspecified atom stereocenters. The normalized spacial score (nSPS) is 24.7. The summed E-state index contributed by atoms with van der Waals surface area (Å²) >= 11 is 0. The summed E-state index contributed by atoms with van der Waals surface area (Å²) in [4.78, 5) is 14.0. The Labute approximate surface area is 169 Å². The zero-order chi connectivity index (χ0) is 20.5. The first-order valence-corrected chi connectivity index (χ1v) is 10.4. The van der Waals surface area contributed by atoms with Crippen molar-refractivity contribution in [1.82, 2.24) is 14.9 Å². The Kier molecular flexibility index (Phi) is 6.34. The molecular formula is C20H35BN4O3. The van der Waals surface area contributed by atoms with Crippen LogP contribution in [0.5, 0.6) is 0 Å². The lowest BCUT2D eigenvalue weighted by atomic mass is 9.81. The molecule has 8 heteroatoms. The van der Waals surface area contributed by atoms with E-state index in [-0.39, 0.29) is 17.8 Å². The highest BCUT2D eigenvalue weighted by atomic mass is 16.7. The Bertz CT molecular complexity index is 635. The number of piperidine rings is 1. The molecule has 1 N–H and O–H groups in total. The number of aliphatic hydroxyl groups is 1. The molecule has 2 saturated heterocycles. The van der Waals surface area contributed by atoms with Crippen LogP contribution in [-0.2, 0) is 9.31 Å². The highest BCUT2D eigenvalue weighted by molar-refractivity contribution is 6.61. The molecule has 7 nitrogen and oxygen atoms in total. The maximum absolute atomic E-state index is 9.27. The number of likely N-dealkylation sites (tertiary alicyclic amines) is 1. The van der Waals surface area contributed by atoms with Gasteiger partial charge in [-0.2, -0.15) is 0 Å². The second-order valence-corrected chi connectivity index (χ2v) is 9.23. The van der Waals surface area contributed by atoms with Gasteiger partial charge < -0.3 is 19.3 Å². The van der Waals surface area contributed by atoms with E-state index >= 15 is 0 Å². The van der Waals surface area contributed by atoms with Gasteiger partial charge in [-0.1, -0.05) is 0 Å². The molecule has 0 saturated carbocycles. The summed E-state index contributed by atoms with van der Waals surface area (Å²) in [5.74, 6) is 0.742. The fourth-order valence-electron chi connectivity index (χ4n) is 3.98. The summed E-state index contributed by atoms with van der Waals surface area (Å²) in [5.41, 5.74) is 0.0913. The number of rotatable bonds is 6. The predicted molar refractivity (Wildman–Crippen MR) is 112 cm³/mol. The van der Waals surface area contributed by atoms with Crippen molar-refractivity contribution in [3.05, 3.63) is 12.4 Å². The van der Waals surface area contributed by atoms with E-state index in [1.165, 1.54) is 0 Å². The predicted octanol–water partition coefficient (Wildman–Crippen LogP) is 1.45. The number of nitrogens with zero attached hydrogens (tertiary/aromatic N) is 4. The van der Waals surface area contributed by atoms with Crippen LogP contribution in [0, 0.1) is 0 Å². The van der Waals surface area contributed by atoms with Crippen LogP contribution in [-0.4, -0.2) is 76.6 Å². The standard InChI is InChI=1S/C20H35BN4O3/c1-15(2)25(17-8-7-9-24(14-17)10-11-26)18-22-12-16(13-23-18)21-27-19(3,4)20(5,6)28-21/h12-13,15,17,26H,7-11,14H2,1-6H3/t17-/m0/s1. The van der Waals surface area contributed by atoms with Gasteiger partial charge in [0.15, 0.2) is 0 Å². The molecule has 0 radical (unpaired) electrons. The SMILES string of the molecule is CC(C)N(c1ncc(B2OC(C)(C)C(C)(C)O2)cn1)[C@H]1CCCN(CCO)C1. The second-order valence-electron chi connectivity index (χ2n) is 9.23. The van der Waals surface area contributed by atoms with E-state index in [1.54, 1.807) is 0 Å². The van der Waals surface area contributed by atoms with Crippen molar-refractivity contribution >= 4 is 18.5 Å². The summed E-state index contributed by atoms with van der Waals surface area (Å²) in [6, 6.07) is 0.643. The van der Waals surface area contributed by atoms with E-state index in [0.717, 1.165) is 43.9 Å². The van der Waals surface area contributed by atoms with E-state index in [4.69, 9.17) is 9.31 Å². The van der Waals surface area contributed by atoms with E-state index in [9.17, 15) is 5.11 Å². The van der Waals surface area contributed by atoms with Gasteiger partial charge in [0.25, 0.3) is 0 Å². The molecule has 1 aromatic rings. The van der Waals surface area contributed by atoms with E-state index in [2.05, 4.69) is 33.6 Å². The molecule has 3 heterocycles. The molecule has 28 heavy (non-hydrogen) atoms. The molecule has 156 valence electrons. The van der Waals surface area contributed by atoms with Gasteiger partial charge in [-0.05, 0) is 60.9 Å². The maximum atomic E-state index is 9.27. The third-order valence-electron chi connectivity index (χ3n) is 6.26. The van der Waals surface area contributed by atoms with Crippen LogP contribution in [0.15, 0.2) is 12.4 Å². The topological polar surface area (TPSA) is 71.0 Å². The molecule has 0 aromatic carbocycles. The molecule has 2 aliphatic heterocycles. The first-order valence-electron chi connectivity index (χ1n) is 10.4. The number of β-amino-alcohol motifs (C(OH)–C–C–N with tert-alkyl or cyclic N) is 1. The van der Waals surface area contributed by atoms with Gasteiger partial charge >= 0.3 is 7.12 Å². The van der Waals surface area contributed by atoms with Crippen molar-refractivity contribution < 1.29 is 14.4 Å². The van der Waals surface area contributed by atoms with E-state index in [1.807, 2.05) is 40.1 Å². The summed E-state index contributed by atoms with van der Waals surface area (Å²) in [6.07, 6.45) is 5.89. The highest BCUT2D eigenvalue weighted by Gasteiger charge is 2.52. The van der Waals surface area contributed by atoms with Crippen molar-refractivity contribution in [3.8, 4) is 0 Å². The molecule has 3 rings (SSSR count). The maximum Gasteiger partial charge on any atom is 0.498 e. The van der Waals surface area contributed by atoms with Crippen molar-refractivity contribution in [2.24, 2.45) is 0 Å². The molecule has 0 spiro atoms. The molecular weight excluding hydrogens is 355 g/mol. The lowest BCUT2D eigenvalue weighted by Crippen LogP contribution is -2.52. The largest absolute Gasteiger partial charge is 0.498 e. The average Bonchev–Trinajstić information content (AvgIpc) is 2.84. The zero-order valence-electron chi connectivity index (χ0n) is 18.2. The fourth-order valence-corrected chi connectivity index (χ4v) is 3.98. The first-order chi connectivity index (χ1) is 13.1. The van der Waals surface area contributed by atoms with Crippen LogP contribution < -0.4 is 10.4 Å². The molecule has 2 aliphatic rings. The quantitative estimate of drug-likeness (QED) is 0.738. The summed E-state index contributed by atoms with van der Waals surface area (Å²) < 4.78 is 12.2. The molecule has 0 aliphatic carbocycles.